The summed E-state index contributed by atoms with van der Waals surface area (Å²) in [5.41, 5.74) is 3.38. The number of aromatic amines is 1. The molecule has 20 heavy (non-hydrogen) atoms. The van der Waals surface area contributed by atoms with Crippen molar-refractivity contribution in [3.63, 3.8) is 0 Å². The van der Waals surface area contributed by atoms with Crippen molar-refractivity contribution in [2.45, 2.75) is 32.2 Å². The predicted molar refractivity (Wildman–Crippen MR) is 79.8 cm³/mol. The van der Waals surface area contributed by atoms with Gasteiger partial charge in [-0.25, -0.2) is 0 Å². The molecule has 1 aliphatic rings. The molecule has 3 rings (SSSR count). The summed E-state index contributed by atoms with van der Waals surface area (Å²) in [6.07, 6.45) is 2.84. The molecule has 0 spiro atoms. The van der Waals surface area contributed by atoms with E-state index < -0.39 is 0 Å². The van der Waals surface area contributed by atoms with E-state index in [2.05, 4.69) is 43.1 Å². The van der Waals surface area contributed by atoms with E-state index in [4.69, 9.17) is 0 Å². The number of nitrogens with zero attached hydrogens (tertiary/aromatic N) is 1. The fourth-order valence-corrected chi connectivity index (χ4v) is 3.20. The Kier molecular flexibility index (Phi) is 3.35. The van der Waals surface area contributed by atoms with Crippen molar-refractivity contribution in [1.82, 2.24) is 9.88 Å². The number of rotatable bonds is 2. The monoisotopic (exact) mass is 268 g/mol. The van der Waals surface area contributed by atoms with Gasteiger partial charge in [0.25, 0.3) is 5.91 Å². The van der Waals surface area contributed by atoms with Crippen LogP contribution in [0.15, 0.2) is 42.6 Å². The van der Waals surface area contributed by atoms with Crippen molar-refractivity contribution in [1.29, 1.82) is 0 Å². The molecule has 0 radical (unpaired) electrons. The Hall–Kier alpha value is -2.03. The van der Waals surface area contributed by atoms with Gasteiger partial charge in [0.1, 0.15) is 5.69 Å². The van der Waals surface area contributed by atoms with Gasteiger partial charge in [-0.2, -0.15) is 0 Å². The van der Waals surface area contributed by atoms with Gasteiger partial charge in [0.2, 0.25) is 0 Å². The van der Waals surface area contributed by atoms with Crippen LogP contribution in [-0.4, -0.2) is 28.4 Å². The van der Waals surface area contributed by atoms with Crippen molar-refractivity contribution < 1.29 is 4.79 Å². The molecule has 1 aromatic heterocycles. The highest BCUT2D eigenvalue weighted by molar-refractivity contribution is 5.92. The first kappa shape index (κ1) is 13.0. The van der Waals surface area contributed by atoms with Gasteiger partial charge in [-0.1, -0.05) is 24.3 Å². The summed E-state index contributed by atoms with van der Waals surface area (Å²) in [5.74, 6) is 0.559. The van der Waals surface area contributed by atoms with E-state index in [1.54, 1.807) is 6.20 Å². The first-order valence-corrected chi connectivity index (χ1v) is 7.16. The molecule has 2 unspecified atom stereocenters. The SMILES string of the molecule is Cc1ccccc1C1CC(C)N(C(=O)c2ccc[nH]2)C1. The summed E-state index contributed by atoms with van der Waals surface area (Å²) >= 11 is 0. The molecule has 1 amide bonds. The molecular formula is C17H20N2O. The average Bonchev–Trinajstić information content (AvgIpc) is 3.08. The number of aromatic nitrogens is 1. The quantitative estimate of drug-likeness (QED) is 0.891. The minimum atomic E-state index is 0.110. The molecule has 1 aromatic carbocycles. The summed E-state index contributed by atoms with van der Waals surface area (Å²) < 4.78 is 0. The first-order chi connectivity index (χ1) is 9.66. The van der Waals surface area contributed by atoms with Crippen molar-refractivity contribution in [3.8, 4) is 0 Å². The van der Waals surface area contributed by atoms with E-state index in [0.29, 0.717) is 11.6 Å². The topological polar surface area (TPSA) is 36.1 Å². The second-order valence-electron chi connectivity index (χ2n) is 5.68. The minimum Gasteiger partial charge on any atom is -0.357 e. The normalized spacial score (nSPS) is 22.2. The summed E-state index contributed by atoms with van der Waals surface area (Å²) in [4.78, 5) is 17.5. The van der Waals surface area contributed by atoms with Crippen LogP contribution in [0, 0.1) is 6.92 Å². The van der Waals surface area contributed by atoms with Gasteiger partial charge in [-0.05, 0) is 43.5 Å². The summed E-state index contributed by atoms with van der Waals surface area (Å²) in [6, 6.07) is 12.5. The van der Waals surface area contributed by atoms with Gasteiger partial charge >= 0.3 is 0 Å². The molecule has 2 atom stereocenters. The second-order valence-corrected chi connectivity index (χ2v) is 5.68. The second kappa shape index (κ2) is 5.16. The van der Waals surface area contributed by atoms with Gasteiger partial charge in [-0.15, -0.1) is 0 Å². The van der Waals surface area contributed by atoms with E-state index in [0.717, 1.165) is 13.0 Å². The number of amides is 1. The Morgan fingerprint density at radius 1 is 1.25 bits per heavy atom. The number of carbonyl (C=O) groups excluding carboxylic acids is 1. The number of H-pyrrole nitrogens is 1. The molecular weight excluding hydrogens is 248 g/mol. The zero-order chi connectivity index (χ0) is 14.1. The highest BCUT2D eigenvalue weighted by Gasteiger charge is 2.34. The average molecular weight is 268 g/mol. The maximum atomic E-state index is 12.5. The van der Waals surface area contributed by atoms with Crippen molar-refractivity contribution in [3.05, 3.63) is 59.4 Å². The van der Waals surface area contributed by atoms with E-state index in [9.17, 15) is 4.79 Å². The summed E-state index contributed by atoms with van der Waals surface area (Å²) in [6.45, 7) is 5.10. The lowest BCUT2D eigenvalue weighted by molar-refractivity contribution is 0.0740. The number of likely N-dealkylation sites (tertiary alicyclic amines) is 1. The van der Waals surface area contributed by atoms with Crippen LogP contribution >= 0.6 is 0 Å². The lowest BCUT2D eigenvalue weighted by Crippen LogP contribution is -2.34. The van der Waals surface area contributed by atoms with E-state index >= 15 is 0 Å². The van der Waals surface area contributed by atoms with E-state index in [-0.39, 0.29) is 11.9 Å². The molecule has 0 saturated carbocycles. The Morgan fingerprint density at radius 2 is 2.05 bits per heavy atom. The van der Waals surface area contributed by atoms with E-state index in [1.807, 2.05) is 17.0 Å². The van der Waals surface area contributed by atoms with Crippen molar-refractivity contribution in [2.24, 2.45) is 0 Å². The van der Waals surface area contributed by atoms with Crippen LogP contribution in [0.3, 0.4) is 0 Å². The maximum absolute atomic E-state index is 12.5. The molecule has 0 bridgehead atoms. The van der Waals surface area contributed by atoms with Gasteiger partial charge < -0.3 is 9.88 Å². The van der Waals surface area contributed by atoms with Crippen LogP contribution in [0.2, 0.25) is 0 Å². The Labute approximate surface area is 119 Å². The van der Waals surface area contributed by atoms with Crippen molar-refractivity contribution in [2.75, 3.05) is 6.54 Å². The molecule has 1 N–H and O–H groups in total. The van der Waals surface area contributed by atoms with Crippen LogP contribution < -0.4 is 0 Å². The lowest BCUT2D eigenvalue weighted by atomic mass is 9.93. The Bertz CT molecular complexity index is 603. The smallest absolute Gasteiger partial charge is 0.270 e. The number of nitrogens with one attached hydrogen (secondary N) is 1. The molecule has 0 aliphatic carbocycles. The maximum Gasteiger partial charge on any atom is 0.270 e. The largest absolute Gasteiger partial charge is 0.357 e. The van der Waals surface area contributed by atoms with E-state index in [1.165, 1.54) is 11.1 Å². The fraction of sp³-hybridized carbons (Fsp3) is 0.353. The third-order valence-corrected chi connectivity index (χ3v) is 4.29. The third kappa shape index (κ3) is 2.24. The standard InChI is InChI=1S/C17H20N2O/c1-12-6-3-4-7-15(12)14-10-13(2)19(11-14)17(20)16-8-5-9-18-16/h3-9,13-14,18H,10-11H2,1-2H3. The molecule has 1 aliphatic heterocycles. The molecule has 1 fully saturated rings. The molecule has 2 heterocycles. The molecule has 1 saturated heterocycles. The molecule has 3 nitrogen and oxygen atoms in total. The fourth-order valence-electron chi connectivity index (χ4n) is 3.20. The first-order valence-electron chi connectivity index (χ1n) is 7.16. The van der Waals surface area contributed by atoms with Crippen molar-refractivity contribution >= 4 is 5.91 Å². The Balaban J connectivity index is 1.81. The van der Waals surface area contributed by atoms with Crippen LogP contribution in [-0.2, 0) is 0 Å². The van der Waals surface area contributed by atoms with Gasteiger partial charge in [0.15, 0.2) is 0 Å². The predicted octanol–water partition coefficient (Wildman–Crippen LogP) is 3.34. The van der Waals surface area contributed by atoms with Gasteiger partial charge in [0.05, 0.1) is 0 Å². The summed E-state index contributed by atoms with van der Waals surface area (Å²) in [7, 11) is 0. The highest BCUT2D eigenvalue weighted by atomic mass is 16.2. The summed E-state index contributed by atoms with van der Waals surface area (Å²) in [5, 5.41) is 0. The van der Waals surface area contributed by atoms with Crippen LogP contribution in [0.1, 0.15) is 40.9 Å². The molecule has 2 aromatic rings. The number of hydrogen-bond acceptors (Lipinski definition) is 1. The third-order valence-electron chi connectivity index (χ3n) is 4.29. The Morgan fingerprint density at radius 3 is 2.75 bits per heavy atom. The lowest BCUT2D eigenvalue weighted by Gasteiger charge is -2.20. The zero-order valence-corrected chi connectivity index (χ0v) is 12.0. The van der Waals surface area contributed by atoms with Gasteiger partial charge in [-0.3, -0.25) is 4.79 Å². The zero-order valence-electron chi connectivity index (χ0n) is 12.0. The van der Waals surface area contributed by atoms with Crippen LogP contribution in [0.25, 0.3) is 0 Å². The highest BCUT2D eigenvalue weighted by Crippen LogP contribution is 2.33. The number of benzene rings is 1. The van der Waals surface area contributed by atoms with Crippen LogP contribution in [0.5, 0.6) is 0 Å². The number of carbonyl (C=O) groups is 1. The van der Waals surface area contributed by atoms with Crippen LogP contribution in [0.4, 0.5) is 0 Å². The molecule has 104 valence electrons. The van der Waals surface area contributed by atoms with Gasteiger partial charge in [0, 0.05) is 24.7 Å². The minimum absolute atomic E-state index is 0.110. The molecule has 3 heteroatoms. The number of aryl methyl sites for hydroxylation is 1. The number of hydrogen-bond donors (Lipinski definition) is 1.